The number of aromatic nitrogens is 1. The van der Waals surface area contributed by atoms with Crippen LogP contribution in [0.25, 0.3) is 0 Å². The third-order valence-corrected chi connectivity index (χ3v) is 6.93. The van der Waals surface area contributed by atoms with E-state index in [0.29, 0.717) is 11.1 Å². The van der Waals surface area contributed by atoms with E-state index in [-0.39, 0.29) is 16.3 Å². The van der Waals surface area contributed by atoms with E-state index in [4.69, 9.17) is 16.3 Å². The van der Waals surface area contributed by atoms with Crippen molar-refractivity contribution < 1.29 is 24.5 Å². The molecule has 2 aliphatic rings. The van der Waals surface area contributed by atoms with E-state index in [1.54, 1.807) is 54.6 Å². The number of rotatable bonds is 3. The van der Waals surface area contributed by atoms with Gasteiger partial charge in [-0.3, -0.25) is 14.6 Å². The number of ketones is 1. The lowest BCUT2D eigenvalue weighted by Crippen LogP contribution is -2.51. The number of halogens is 2. The minimum absolute atomic E-state index is 0.0299. The van der Waals surface area contributed by atoms with Crippen molar-refractivity contribution in [2.45, 2.75) is 17.1 Å². The molecule has 1 saturated carbocycles. The van der Waals surface area contributed by atoms with E-state index in [2.05, 4.69) is 20.9 Å². The predicted octanol–water partition coefficient (Wildman–Crippen LogP) is 4.04. The molecular formula is C23H15BrClNO5. The zero-order chi connectivity index (χ0) is 22.0. The van der Waals surface area contributed by atoms with Crippen molar-refractivity contribution in [2.24, 2.45) is 5.92 Å². The van der Waals surface area contributed by atoms with Gasteiger partial charge in [-0.2, -0.15) is 0 Å². The van der Waals surface area contributed by atoms with Crippen LogP contribution in [0.5, 0.6) is 5.75 Å². The summed E-state index contributed by atoms with van der Waals surface area (Å²) in [5, 5.41) is 22.1. The van der Waals surface area contributed by atoms with Gasteiger partial charge in [0.1, 0.15) is 11.7 Å². The molecule has 0 amide bonds. The minimum Gasteiger partial charge on any atom is -0.481 e. The Morgan fingerprint density at radius 1 is 1.10 bits per heavy atom. The molecule has 2 aromatic carbocycles. The number of hydrogen-bond donors (Lipinski definition) is 2. The molecule has 6 nitrogen and oxygen atoms in total. The number of benzene rings is 2. The summed E-state index contributed by atoms with van der Waals surface area (Å²) in [6.07, 6.45) is 2.61. The van der Waals surface area contributed by atoms with Gasteiger partial charge < -0.3 is 14.9 Å². The van der Waals surface area contributed by atoms with Gasteiger partial charge in [-0.05, 0) is 17.7 Å². The third-order valence-electron chi connectivity index (χ3n) is 6.12. The molecular weight excluding hydrogens is 486 g/mol. The summed E-state index contributed by atoms with van der Waals surface area (Å²) in [6.45, 7) is 0. The number of fused-ring (bicyclic) bond motifs is 4. The van der Waals surface area contributed by atoms with Crippen molar-refractivity contribution in [1.82, 2.24) is 4.98 Å². The molecule has 2 N–H and O–H groups in total. The third kappa shape index (κ3) is 2.57. The topological polar surface area (TPSA) is 96.7 Å². The van der Waals surface area contributed by atoms with Crippen molar-refractivity contribution in [2.75, 3.05) is 0 Å². The zero-order valence-corrected chi connectivity index (χ0v) is 18.2. The van der Waals surface area contributed by atoms with Crippen molar-refractivity contribution in [3.8, 4) is 5.75 Å². The molecule has 2 heterocycles. The van der Waals surface area contributed by atoms with Gasteiger partial charge in [0.05, 0.1) is 22.7 Å². The molecule has 0 spiro atoms. The van der Waals surface area contributed by atoms with Crippen LogP contribution in [0.3, 0.4) is 0 Å². The number of ether oxygens (including phenoxy) is 1. The average Bonchev–Trinajstić information content (AvgIpc) is 2.87. The van der Waals surface area contributed by atoms with Gasteiger partial charge in [0.25, 0.3) is 0 Å². The molecule has 156 valence electrons. The number of carbonyl (C=O) groups excluding carboxylic acids is 1. The Bertz CT molecular complexity index is 1220. The number of aliphatic carboxylic acids is 1. The lowest BCUT2D eigenvalue weighted by Gasteiger charge is -2.39. The standard InChI is InChI=1S/C23H15BrClNO5/c24-14-8-6-13(7-9-14)23-17(12-4-2-1-3-5-12)19(20(27)28)22(30,21(23)29)18-15(25)10-26-11-16(18)31-23/h1-11,17,19,30H,(H,27,28)/t17-,19-,22+,23?/m1/s1. The first-order valence-electron chi connectivity index (χ1n) is 9.46. The largest absolute Gasteiger partial charge is 0.481 e. The number of Topliss-reactive ketones (excluding diaryl/α,β-unsaturated/α-hetero) is 1. The smallest absolute Gasteiger partial charge is 0.311 e. The molecule has 4 atom stereocenters. The maximum absolute atomic E-state index is 14.0. The van der Waals surface area contributed by atoms with Gasteiger partial charge in [-0.1, -0.05) is 70.0 Å². The average molecular weight is 501 g/mol. The van der Waals surface area contributed by atoms with E-state index in [1.165, 1.54) is 12.4 Å². The van der Waals surface area contributed by atoms with E-state index in [1.807, 2.05) is 0 Å². The Hall–Kier alpha value is -2.74. The second-order valence-corrected chi connectivity index (χ2v) is 8.96. The number of nitrogens with zero attached hydrogens (tertiary/aromatic N) is 1. The van der Waals surface area contributed by atoms with E-state index in [9.17, 15) is 19.8 Å². The van der Waals surface area contributed by atoms with Crippen molar-refractivity contribution >= 4 is 39.3 Å². The van der Waals surface area contributed by atoms with Crippen molar-refractivity contribution in [3.05, 3.63) is 93.2 Å². The molecule has 5 rings (SSSR count). The summed E-state index contributed by atoms with van der Waals surface area (Å²) in [7, 11) is 0. The molecule has 0 saturated heterocycles. The molecule has 2 bridgehead atoms. The molecule has 1 unspecified atom stereocenters. The van der Waals surface area contributed by atoms with Crippen molar-refractivity contribution in [1.29, 1.82) is 0 Å². The lowest BCUT2D eigenvalue weighted by molar-refractivity contribution is -0.160. The van der Waals surface area contributed by atoms with Gasteiger partial charge in [0.15, 0.2) is 5.60 Å². The van der Waals surface area contributed by atoms with Gasteiger partial charge in [-0.15, -0.1) is 0 Å². The van der Waals surface area contributed by atoms with Crippen LogP contribution in [0.1, 0.15) is 22.6 Å². The first-order chi connectivity index (χ1) is 14.8. The van der Waals surface area contributed by atoms with Crippen LogP contribution in [0.4, 0.5) is 0 Å². The normalized spacial score (nSPS) is 28.7. The quantitative estimate of drug-likeness (QED) is 0.563. The molecule has 0 radical (unpaired) electrons. The highest BCUT2D eigenvalue weighted by atomic mass is 79.9. The number of carbonyl (C=O) groups is 2. The first-order valence-corrected chi connectivity index (χ1v) is 10.6. The number of carboxylic acids is 1. The van der Waals surface area contributed by atoms with Crippen LogP contribution >= 0.6 is 27.5 Å². The van der Waals surface area contributed by atoms with Gasteiger partial charge in [0, 0.05) is 16.2 Å². The molecule has 1 fully saturated rings. The van der Waals surface area contributed by atoms with Crippen LogP contribution in [0, 0.1) is 5.92 Å². The van der Waals surface area contributed by atoms with Crippen LogP contribution in [0.15, 0.2) is 71.5 Å². The summed E-state index contributed by atoms with van der Waals surface area (Å²) in [4.78, 5) is 30.6. The van der Waals surface area contributed by atoms with Gasteiger partial charge in [0.2, 0.25) is 11.4 Å². The summed E-state index contributed by atoms with van der Waals surface area (Å²) >= 11 is 9.69. The second kappa shape index (κ2) is 6.88. The number of aliphatic hydroxyl groups is 1. The number of hydrogen-bond acceptors (Lipinski definition) is 5. The highest BCUT2D eigenvalue weighted by molar-refractivity contribution is 9.10. The SMILES string of the molecule is O=C(O)[C@H]1[C@@H](c2ccccc2)C2(c3ccc(Br)cc3)Oc3cncc(Cl)c3[C@@]1(O)C2=O. The number of pyridine rings is 1. The fourth-order valence-corrected chi connectivity index (χ4v) is 5.49. The molecule has 31 heavy (non-hydrogen) atoms. The van der Waals surface area contributed by atoms with Crippen molar-refractivity contribution in [3.63, 3.8) is 0 Å². The molecule has 8 heteroatoms. The van der Waals surface area contributed by atoms with Crippen LogP contribution in [-0.2, 0) is 20.8 Å². The second-order valence-electron chi connectivity index (χ2n) is 7.64. The fraction of sp³-hybridized carbons (Fsp3) is 0.174. The number of carboxylic acid groups (broad SMARTS) is 1. The molecule has 3 aromatic rings. The predicted molar refractivity (Wildman–Crippen MR) is 115 cm³/mol. The maximum atomic E-state index is 14.0. The Balaban J connectivity index is 1.91. The van der Waals surface area contributed by atoms with Crippen LogP contribution in [-0.4, -0.2) is 26.9 Å². The molecule has 1 aliphatic heterocycles. The minimum atomic E-state index is -2.40. The highest BCUT2D eigenvalue weighted by Crippen LogP contribution is 2.65. The highest BCUT2D eigenvalue weighted by Gasteiger charge is 2.76. The monoisotopic (exact) mass is 499 g/mol. The Morgan fingerprint density at radius 2 is 1.77 bits per heavy atom. The summed E-state index contributed by atoms with van der Waals surface area (Å²) < 4.78 is 7.09. The van der Waals surface area contributed by atoms with Gasteiger partial charge in [-0.25, -0.2) is 0 Å². The summed E-state index contributed by atoms with van der Waals surface area (Å²) in [5.74, 6) is -4.56. The lowest BCUT2D eigenvalue weighted by atomic mass is 9.75. The summed E-state index contributed by atoms with van der Waals surface area (Å²) in [5.41, 5.74) is -3.25. The van der Waals surface area contributed by atoms with Crippen LogP contribution < -0.4 is 4.74 Å². The van der Waals surface area contributed by atoms with Crippen LogP contribution in [0.2, 0.25) is 5.02 Å². The Labute approximate surface area is 190 Å². The Morgan fingerprint density at radius 3 is 2.42 bits per heavy atom. The maximum Gasteiger partial charge on any atom is 0.311 e. The van der Waals surface area contributed by atoms with Gasteiger partial charge >= 0.3 is 5.97 Å². The summed E-state index contributed by atoms with van der Waals surface area (Å²) in [6, 6.07) is 15.6. The molecule has 1 aliphatic carbocycles. The van der Waals surface area contributed by atoms with E-state index >= 15 is 0 Å². The Kier molecular flexibility index (Phi) is 4.48. The van der Waals surface area contributed by atoms with E-state index in [0.717, 1.165) is 4.47 Å². The first kappa shape index (κ1) is 20.2. The fourth-order valence-electron chi connectivity index (χ4n) is 4.93. The zero-order valence-electron chi connectivity index (χ0n) is 15.8. The van der Waals surface area contributed by atoms with E-state index < -0.39 is 34.8 Å². The molecule has 1 aromatic heterocycles.